The quantitative estimate of drug-likeness (QED) is 0.898. The van der Waals surface area contributed by atoms with Gasteiger partial charge in [-0.15, -0.1) is 0 Å². The summed E-state index contributed by atoms with van der Waals surface area (Å²) < 4.78 is 5.16. The van der Waals surface area contributed by atoms with E-state index in [2.05, 4.69) is 17.9 Å². The maximum Gasteiger partial charge on any atom is 0.136 e. The fourth-order valence-corrected chi connectivity index (χ4v) is 2.51. The summed E-state index contributed by atoms with van der Waals surface area (Å²) in [5.74, 6) is 1.23. The predicted molar refractivity (Wildman–Crippen MR) is 74.7 cm³/mol. The Balaban J connectivity index is 2.06. The van der Waals surface area contributed by atoms with Crippen LogP contribution < -0.4 is 10.5 Å². The van der Waals surface area contributed by atoms with Gasteiger partial charge in [0.2, 0.25) is 0 Å². The number of hydrogen-bond acceptors (Lipinski definition) is 4. The van der Waals surface area contributed by atoms with Gasteiger partial charge in [-0.25, -0.2) is 0 Å². The van der Waals surface area contributed by atoms with Crippen molar-refractivity contribution in [2.45, 2.75) is 25.9 Å². The van der Waals surface area contributed by atoms with E-state index in [4.69, 9.17) is 15.7 Å². The van der Waals surface area contributed by atoms with Crippen molar-refractivity contribution in [2.24, 2.45) is 11.7 Å². The Labute approximate surface area is 114 Å². The molecule has 0 radical (unpaired) electrons. The minimum absolute atomic E-state index is 0.252. The summed E-state index contributed by atoms with van der Waals surface area (Å²) >= 11 is 0. The first-order chi connectivity index (χ1) is 9.13. The van der Waals surface area contributed by atoms with Gasteiger partial charge in [-0.2, -0.15) is 5.26 Å². The predicted octanol–water partition coefficient (Wildman–Crippen LogP) is 1.74. The van der Waals surface area contributed by atoms with E-state index < -0.39 is 0 Å². The third kappa shape index (κ3) is 3.25. The molecule has 0 aliphatic carbocycles. The number of methoxy groups -OCH3 is 1. The highest BCUT2D eigenvalue weighted by atomic mass is 16.5. The van der Waals surface area contributed by atoms with Crippen molar-refractivity contribution in [3.8, 4) is 11.8 Å². The second-order valence-corrected chi connectivity index (χ2v) is 5.31. The summed E-state index contributed by atoms with van der Waals surface area (Å²) in [4.78, 5) is 2.35. The monoisotopic (exact) mass is 259 g/mol. The highest BCUT2D eigenvalue weighted by Gasteiger charge is 2.23. The van der Waals surface area contributed by atoms with Crippen LogP contribution in [0, 0.1) is 17.2 Å². The van der Waals surface area contributed by atoms with Crippen molar-refractivity contribution in [1.29, 1.82) is 5.26 Å². The van der Waals surface area contributed by atoms with Crippen LogP contribution in [0.4, 0.5) is 0 Å². The molecule has 4 nitrogen and oxygen atoms in total. The molecule has 2 atom stereocenters. The Morgan fingerprint density at radius 1 is 1.53 bits per heavy atom. The average Bonchev–Trinajstić information content (AvgIpc) is 2.43. The van der Waals surface area contributed by atoms with Gasteiger partial charge in [-0.1, -0.05) is 13.0 Å². The van der Waals surface area contributed by atoms with E-state index in [1.807, 2.05) is 18.2 Å². The van der Waals surface area contributed by atoms with Crippen LogP contribution >= 0.6 is 0 Å². The zero-order valence-corrected chi connectivity index (χ0v) is 11.6. The van der Waals surface area contributed by atoms with E-state index in [1.54, 1.807) is 7.11 Å². The number of benzene rings is 1. The Morgan fingerprint density at radius 2 is 2.32 bits per heavy atom. The van der Waals surface area contributed by atoms with Gasteiger partial charge in [0.15, 0.2) is 0 Å². The molecule has 102 valence electrons. The molecule has 1 heterocycles. The first-order valence-corrected chi connectivity index (χ1v) is 6.69. The van der Waals surface area contributed by atoms with Gasteiger partial charge in [0.1, 0.15) is 11.8 Å². The summed E-state index contributed by atoms with van der Waals surface area (Å²) in [6.45, 7) is 5.06. The zero-order chi connectivity index (χ0) is 13.8. The molecule has 2 unspecified atom stereocenters. The molecular weight excluding hydrogens is 238 g/mol. The normalized spacial score (nSPS) is 23.9. The van der Waals surface area contributed by atoms with Gasteiger partial charge in [0, 0.05) is 19.1 Å². The smallest absolute Gasteiger partial charge is 0.136 e. The average molecular weight is 259 g/mol. The van der Waals surface area contributed by atoms with E-state index in [1.165, 1.54) is 0 Å². The Kier molecular flexibility index (Phi) is 4.41. The first-order valence-electron chi connectivity index (χ1n) is 6.69. The van der Waals surface area contributed by atoms with Crippen LogP contribution in [0.25, 0.3) is 0 Å². The van der Waals surface area contributed by atoms with Crippen molar-refractivity contribution in [3.05, 3.63) is 29.3 Å². The highest BCUT2D eigenvalue weighted by Crippen LogP contribution is 2.22. The minimum atomic E-state index is 0.252. The SMILES string of the molecule is COc1ccc(CN2CCC(C)C(N)C2)cc1C#N. The van der Waals surface area contributed by atoms with Gasteiger partial charge < -0.3 is 10.5 Å². The van der Waals surface area contributed by atoms with Crippen LogP contribution in [0.2, 0.25) is 0 Å². The van der Waals surface area contributed by atoms with Crippen molar-refractivity contribution >= 4 is 0 Å². The number of nitrogens with zero attached hydrogens (tertiary/aromatic N) is 2. The van der Waals surface area contributed by atoms with Crippen molar-refractivity contribution in [1.82, 2.24) is 4.90 Å². The van der Waals surface area contributed by atoms with Crippen molar-refractivity contribution < 1.29 is 4.74 Å². The molecule has 2 N–H and O–H groups in total. The molecule has 1 aliphatic heterocycles. The lowest BCUT2D eigenvalue weighted by Crippen LogP contribution is -2.47. The molecule has 19 heavy (non-hydrogen) atoms. The number of piperidine rings is 1. The Bertz CT molecular complexity index is 481. The van der Waals surface area contributed by atoms with Gasteiger partial charge in [0.25, 0.3) is 0 Å². The van der Waals surface area contributed by atoms with Crippen molar-refractivity contribution in [3.63, 3.8) is 0 Å². The molecule has 1 aromatic rings. The van der Waals surface area contributed by atoms with Crippen LogP contribution in [-0.2, 0) is 6.54 Å². The molecular formula is C15H21N3O. The van der Waals surface area contributed by atoms with Gasteiger partial charge >= 0.3 is 0 Å². The Morgan fingerprint density at radius 3 is 2.95 bits per heavy atom. The number of nitriles is 1. The molecule has 0 bridgehead atoms. The van der Waals surface area contributed by atoms with Gasteiger partial charge in [0.05, 0.1) is 12.7 Å². The number of likely N-dealkylation sites (tertiary alicyclic amines) is 1. The maximum atomic E-state index is 9.09. The summed E-state index contributed by atoms with van der Waals surface area (Å²) in [5.41, 5.74) is 7.84. The van der Waals surface area contributed by atoms with Crippen LogP contribution in [0.1, 0.15) is 24.5 Å². The molecule has 0 amide bonds. The number of hydrogen-bond donors (Lipinski definition) is 1. The Hall–Kier alpha value is -1.57. The molecule has 1 aliphatic rings. The topological polar surface area (TPSA) is 62.3 Å². The third-order valence-corrected chi connectivity index (χ3v) is 3.89. The minimum Gasteiger partial charge on any atom is -0.495 e. The second-order valence-electron chi connectivity index (χ2n) is 5.31. The standard InChI is InChI=1S/C15H21N3O/c1-11-5-6-18(10-14(11)17)9-12-3-4-15(19-2)13(7-12)8-16/h3-4,7,11,14H,5-6,9-10,17H2,1-2H3. The van der Waals surface area contributed by atoms with Gasteiger partial charge in [-0.3, -0.25) is 4.90 Å². The molecule has 0 spiro atoms. The fraction of sp³-hybridized carbons (Fsp3) is 0.533. The maximum absolute atomic E-state index is 9.09. The van der Waals surface area contributed by atoms with Crippen LogP contribution in [0.5, 0.6) is 5.75 Å². The molecule has 4 heteroatoms. The third-order valence-electron chi connectivity index (χ3n) is 3.89. The van der Waals surface area contributed by atoms with E-state index in [-0.39, 0.29) is 6.04 Å². The van der Waals surface area contributed by atoms with E-state index >= 15 is 0 Å². The van der Waals surface area contributed by atoms with Crippen LogP contribution in [0.3, 0.4) is 0 Å². The molecule has 1 aromatic carbocycles. The fourth-order valence-electron chi connectivity index (χ4n) is 2.51. The molecule has 1 saturated heterocycles. The van der Waals surface area contributed by atoms with E-state index in [0.717, 1.165) is 31.6 Å². The van der Waals surface area contributed by atoms with E-state index in [9.17, 15) is 0 Å². The first kappa shape index (κ1) is 13.9. The number of ether oxygens (including phenoxy) is 1. The molecule has 1 fully saturated rings. The molecule has 0 saturated carbocycles. The van der Waals surface area contributed by atoms with Crippen LogP contribution in [-0.4, -0.2) is 31.1 Å². The summed E-state index contributed by atoms with van der Waals surface area (Å²) in [5, 5.41) is 9.09. The highest BCUT2D eigenvalue weighted by molar-refractivity contribution is 5.45. The lowest BCUT2D eigenvalue weighted by molar-refractivity contribution is 0.162. The number of rotatable bonds is 3. The van der Waals surface area contributed by atoms with Gasteiger partial charge in [-0.05, 0) is 36.6 Å². The summed E-state index contributed by atoms with van der Waals surface area (Å²) in [7, 11) is 1.58. The lowest BCUT2D eigenvalue weighted by Gasteiger charge is -2.35. The molecule has 0 aromatic heterocycles. The second kappa shape index (κ2) is 6.05. The summed E-state index contributed by atoms with van der Waals surface area (Å²) in [6, 6.07) is 8.21. The summed E-state index contributed by atoms with van der Waals surface area (Å²) in [6.07, 6.45) is 1.14. The molecule has 2 rings (SSSR count). The van der Waals surface area contributed by atoms with Crippen LogP contribution in [0.15, 0.2) is 18.2 Å². The number of nitrogens with two attached hydrogens (primary N) is 1. The van der Waals surface area contributed by atoms with Crippen molar-refractivity contribution in [2.75, 3.05) is 20.2 Å². The largest absolute Gasteiger partial charge is 0.495 e. The zero-order valence-electron chi connectivity index (χ0n) is 11.6. The lowest BCUT2D eigenvalue weighted by atomic mass is 9.94. The van der Waals surface area contributed by atoms with E-state index in [0.29, 0.717) is 17.2 Å².